The topological polar surface area (TPSA) is 49.9 Å². The van der Waals surface area contributed by atoms with Gasteiger partial charge in [0.25, 0.3) is 0 Å². The van der Waals surface area contributed by atoms with Crippen molar-refractivity contribution in [2.24, 2.45) is 0 Å². The first-order valence-electron chi connectivity index (χ1n) is 6.50. The number of fused-ring (bicyclic) bond motifs is 1. The van der Waals surface area contributed by atoms with Gasteiger partial charge in [-0.05, 0) is 44.1 Å². The summed E-state index contributed by atoms with van der Waals surface area (Å²) in [5.74, 6) is 0. The molecule has 1 aromatic heterocycles. The first-order chi connectivity index (χ1) is 8.84. The number of hydrogen-bond donors (Lipinski definition) is 2. The summed E-state index contributed by atoms with van der Waals surface area (Å²) in [6, 6.07) is 6.52. The van der Waals surface area contributed by atoms with Gasteiger partial charge in [0.2, 0.25) is 0 Å². The predicted molar refractivity (Wildman–Crippen MR) is 71.8 cm³/mol. The van der Waals surface area contributed by atoms with Crippen LogP contribution in [-0.2, 0) is 10.2 Å². The molecule has 18 heavy (non-hydrogen) atoms. The molecule has 0 bridgehead atoms. The Morgan fingerprint density at radius 1 is 1.44 bits per heavy atom. The van der Waals surface area contributed by atoms with Gasteiger partial charge in [-0.15, -0.1) is 0 Å². The zero-order valence-electron chi connectivity index (χ0n) is 10.7. The van der Waals surface area contributed by atoms with Crippen LogP contribution in [-0.4, -0.2) is 36.8 Å². The van der Waals surface area contributed by atoms with Crippen molar-refractivity contribution in [3.63, 3.8) is 0 Å². The van der Waals surface area contributed by atoms with Crippen LogP contribution in [0.15, 0.2) is 24.5 Å². The molecular formula is C14H19N3O. The SMILES string of the molecule is CNCCCC1(c2ccc3nc[nH]c3c2)COC1. The van der Waals surface area contributed by atoms with Crippen LogP contribution in [0.3, 0.4) is 0 Å². The molecule has 2 aromatic rings. The summed E-state index contributed by atoms with van der Waals surface area (Å²) in [4.78, 5) is 7.45. The number of H-pyrrole nitrogens is 1. The van der Waals surface area contributed by atoms with Crippen LogP contribution in [0.1, 0.15) is 18.4 Å². The Morgan fingerprint density at radius 2 is 2.33 bits per heavy atom. The van der Waals surface area contributed by atoms with Crippen molar-refractivity contribution in [3.05, 3.63) is 30.1 Å². The van der Waals surface area contributed by atoms with Gasteiger partial charge in [0.1, 0.15) is 0 Å². The zero-order chi connectivity index (χ0) is 12.4. The monoisotopic (exact) mass is 245 g/mol. The largest absolute Gasteiger partial charge is 0.379 e. The van der Waals surface area contributed by atoms with E-state index in [9.17, 15) is 0 Å². The highest BCUT2D eigenvalue weighted by Gasteiger charge is 2.39. The van der Waals surface area contributed by atoms with Gasteiger partial charge in [0.05, 0.1) is 30.6 Å². The van der Waals surface area contributed by atoms with Gasteiger partial charge in [-0.25, -0.2) is 4.98 Å². The minimum atomic E-state index is 0.218. The molecule has 3 rings (SSSR count). The molecule has 0 amide bonds. The lowest BCUT2D eigenvalue weighted by Gasteiger charge is -2.42. The number of imidazole rings is 1. The first kappa shape index (κ1) is 11.7. The van der Waals surface area contributed by atoms with Gasteiger partial charge >= 0.3 is 0 Å². The molecule has 1 aromatic carbocycles. The fourth-order valence-corrected chi connectivity index (χ4v) is 2.67. The maximum Gasteiger partial charge on any atom is 0.0931 e. The number of aromatic nitrogens is 2. The van der Waals surface area contributed by atoms with Crippen molar-refractivity contribution in [3.8, 4) is 0 Å². The lowest BCUT2D eigenvalue weighted by molar-refractivity contribution is -0.0650. The quantitative estimate of drug-likeness (QED) is 0.790. The third-order valence-corrected chi connectivity index (χ3v) is 3.87. The molecule has 0 saturated carbocycles. The van der Waals surface area contributed by atoms with E-state index in [-0.39, 0.29) is 5.41 Å². The third-order valence-electron chi connectivity index (χ3n) is 3.87. The molecule has 4 nitrogen and oxygen atoms in total. The van der Waals surface area contributed by atoms with Crippen LogP contribution < -0.4 is 5.32 Å². The smallest absolute Gasteiger partial charge is 0.0931 e. The Labute approximate surface area is 107 Å². The highest BCUT2D eigenvalue weighted by Crippen LogP contribution is 2.37. The van der Waals surface area contributed by atoms with E-state index in [1.807, 2.05) is 7.05 Å². The second-order valence-corrected chi connectivity index (χ2v) is 5.11. The molecule has 1 aliphatic rings. The lowest BCUT2D eigenvalue weighted by atomic mass is 9.75. The van der Waals surface area contributed by atoms with E-state index in [1.54, 1.807) is 6.33 Å². The number of rotatable bonds is 5. The zero-order valence-corrected chi connectivity index (χ0v) is 10.7. The molecular weight excluding hydrogens is 226 g/mol. The summed E-state index contributed by atoms with van der Waals surface area (Å²) in [5, 5.41) is 3.21. The van der Waals surface area contributed by atoms with Crippen molar-refractivity contribution in [2.75, 3.05) is 26.8 Å². The van der Waals surface area contributed by atoms with Gasteiger partial charge in [0, 0.05) is 5.41 Å². The fraction of sp³-hybridized carbons (Fsp3) is 0.500. The molecule has 0 aliphatic carbocycles. The second kappa shape index (κ2) is 4.71. The summed E-state index contributed by atoms with van der Waals surface area (Å²) in [6.45, 7) is 2.75. The van der Waals surface area contributed by atoms with Crippen LogP contribution in [0.5, 0.6) is 0 Å². The van der Waals surface area contributed by atoms with E-state index >= 15 is 0 Å². The van der Waals surface area contributed by atoms with Crippen LogP contribution in [0, 0.1) is 0 Å². The number of ether oxygens (including phenoxy) is 1. The Hall–Kier alpha value is -1.39. The van der Waals surface area contributed by atoms with Gasteiger partial charge in [-0.1, -0.05) is 6.07 Å². The number of nitrogens with zero attached hydrogens (tertiary/aromatic N) is 1. The van der Waals surface area contributed by atoms with Crippen LogP contribution >= 0.6 is 0 Å². The van der Waals surface area contributed by atoms with E-state index in [0.717, 1.165) is 30.8 Å². The molecule has 2 heterocycles. The summed E-state index contributed by atoms with van der Waals surface area (Å²) in [6.07, 6.45) is 4.10. The molecule has 1 aliphatic heterocycles. The van der Waals surface area contributed by atoms with Gasteiger partial charge in [-0.2, -0.15) is 0 Å². The third kappa shape index (κ3) is 1.91. The minimum Gasteiger partial charge on any atom is -0.379 e. The molecule has 1 fully saturated rings. The highest BCUT2D eigenvalue weighted by atomic mass is 16.5. The Bertz CT molecular complexity index is 531. The van der Waals surface area contributed by atoms with E-state index in [4.69, 9.17) is 4.74 Å². The van der Waals surface area contributed by atoms with Crippen molar-refractivity contribution >= 4 is 11.0 Å². The molecule has 2 N–H and O–H groups in total. The maximum atomic E-state index is 5.47. The van der Waals surface area contributed by atoms with Gasteiger partial charge in [-0.3, -0.25) is 0 Å². The predicted octanol–water partition coefficient (Wildman–Crippen LogP) is 1.83. The molecule has 4 heteroatoms. The van der Waals surface area contributed by atoms with Crippen molar-refractivity contribution in [2.45, 2.75) is 18.3 Å². The second-order valence-electron chi connectivity index (χ2n) is 5.11. The van der Waals surface area contributed by atoms with Crippen molar-refractivity contribution in [1.29, 1.82) is 0 Å². The van der Waals surface area contributed by atoms with E-state index in [1.165, 1.54) is 18.4 Å². The normalized spacial score (nSPS) is 17.8. The maximum absolute atomic E-state index is 5.47. The van der Waals surface area contributed by atoms with Crippen molar-refractivity contribution < 1.29 is 4.74 Å². The summed E-state index contributed by atoms with van der Waals surface area (Å²) in [7, 11) is 2.00. The number of benzene rings is 1. The summed E-state index contributed by atoms with van der Waals surface area (Å²) >= 11 is 0. The Morgan fingerprint density at radius 3 is 3.06 bits per heavy atom. The number of hydrogen-bond acceptors (Lipinski definition) is 3. The molecule has 0 unspecified atom stereocenters. The van der Waals surface area contributed by atoms with Gasteiger partial charge < -0.3 is 15.0 Å². The fourth-order valence-electron chi connectivity index (χ4n) is 2.67. The van der Waals surface area contributed by atoms with E-state index < -0.39 is 0 Å². The average molecular weight is 245 g/mol. The van der Waals surface area contributed by atoms with Crippen LogP contribution in [0.4, 0.5) is 0 Å². The molecule has 0 atom stereocenters. The Balaban J connectivity index is 1.85. The highest BCUT2D eigenvalue weighted by molar-refractivity contribution is 5.75. The van der Waals surface area contributed by atoms with E-state index in [0.29, 0.717) is 0 Å². The summed E-state index contributed by atoms with van der Waals surface area (Å²) in [5.41, 5.74) is 3.74. The molecule has 0 radical (unpaired) electrons. The Kier molecular flexibility index (Phi) is 3.06. The summed E-state index contributed by atoms with van der Waals surface area (Å²) < 4.78 is 5.47. The minimum absolute atomic E-state index is 0.218. The van der Waals surface area contributed by atoms with Crippen molar-refractivity contribution in [1.82, 2.24) is 15.3 Å². The van der Waals surface area contributed by atoms with E-state index in [2.05, 4.69) is 33.5 Å². The molecule has 96 valence electrons. The van der Waals surface area contributed by atoms with Gasteiger partial charge in [0.15, 0.2) is 0 Å². The first-order valence-corrected chi connectivity index (χ1v) is 6.50. The molecule has 0 spiro atoms. The van der Waals surface area contributed by atoms with Crippen LogP contribution in [0.25, 0.3) is 11.0 Å². The number of nitrogens with one attached hydrogen (secondary N) is 2. The average Bonchev–Trinajstić information content (AvgIpc) is 2.79. The lowest BCUT2D eigenvalue weighted by Crippen LogP contribution is -2.47. The molecule has 1 saturated heterocycles. The standard InChI is InChI=1S/C14H19N3O/c1-15-6-2-5-14(8-18-9-14)11-3-4-12-13(7-11)17-10-16-12/h3-4,7,10,15H,2,5-6,8-9H2,1H3,(H,16,17). The van der Waals surface area contributed by atoms with Crippen LogP contribution in [0.2, 0.25) is 0 Å². The number of aromatic amines is 1.